The fraction of sp³-hybridized carbons (Fsp3) is 0.250. The van der Waals surface area contributed by atoms with Crippen LogP contribution in [0.5, 0.6) is 0 Å². The third-order valence-electron chi connectivity index (χ3n) is 5.02. The largest absolute Gasteiger partial charge is 0.328 e. The molecular formula is C20H21N7S. The van der Waals surface area contributed by atoms with Gasteiger partial charge in [-0.25, -0.2) is 9.97 Å². The quantitative estimate of drug-likeness (QED) is 0.556. The molecule has 28 heavy (non-hydrogen) atoms. The van der Waals surface area contributed by atoms with E-state index in [9.17, 15) is 0 Å². The van der Waals surface area contributed by atoms with Gasteiger partial charge in [-0.2, -0.15) is 5.10 Å². The molecule has 2 N–H and O–H groups in total. The maximum atomic E-state index is 4.63. The lowest BCUT2D eigenvalue weighted by molar-refractivity contribution is 0.738. The summed E-state index contributed by atoms with van der Waals surface area (Å²) in [6.07, 6.45) is 12.8. The molecule has 4 aromatic heterocycles. The molecule has 0 saturated heterocycles. The number of nitrogens with one attached hydrogen (secondary N) is 2. The first-order valence-electron chi connectivity index (χ1n) is 9.27. The monoisotopic (exact) mass is 391 g/mol. The summed E-state index contributed by atoms with van der Waals surface area (Å²) < 4.78 is 3.85. The van der Waals surface area contributed by atoms with E-state index >= 15 is 0 Å². The number of hydrogen-bond donors (Lipinski definition) is 2. The van der Waals surface area contributed by atoms with Crippen molar-refractivity contribution in [1.82, 2.24) is 29.5 Å². The number of thiophene rings is 1. The van der Waals surface area contributed by atoms with Crippen LogP contribution in [0.2, 0.25) is 0 Å². The molecule has 0 radical (unpaired) electrons. The zero-order valence-corrected chi connectivity index (χ0v) is 16.6. The van der Waals surface area contributed by atoms with E-state index in [-0.39, 0.29) is 0 Å². The predicted octanol–water partition coefficient (Wildman–Crippen LogP) is 3.62. The smallest absolute Gasteiger partial charge is 0.180 e. The van der Waals surface area contributed by atoms with E-state index < -0.39 is 0 Å². The van der Waals surface area contributed by atoms with Crippen LogP contribution in [0.3, 0.4) is 0 Å². The van der Waals surface area contributed by atoms with Crippen molar-refractivity contribution in [1.29, 1.82) is 0 Å². The normalized spacial score (nSPS) is 14.4. The fourth-order valence-corrected chi connectivity index (χ4v) is 4.64. The first-order valence-corrected chi connectivity index (χ1v) is 10.1. The summed E-state index contributed by atoms with van der Waals surface area (Å²) in [5, 5.41) is 14.5. The highest BCUT2D eigenvalue weighted by Crippen LogP contribution is 2.37. The Morgan fingerprint density at radius 3 is 2.96 bits per heavy atom. The van der Waals surface area contributed by atoms with Crippen molar-refractivity contribution in [3.63, 3.8) is 0 Å². The zero-order valence-electron chi connectivity index (χ0n) is 15.8. The topological polar surface area (TPSA) is 72.1 Å². The van der Waals surface area contributed by atoms with Gasteiger partial charge in [-0.1, -0.05) is 6.08 Å². The minimum Gasteiger partial charge on any atom is -0.328 e. The highest BCUT2D eigenvalue weighted by atomic mass is 32.1. The van der Waals surface area contributed by atoms with E-state index in [0.29, 0.717) is 0 Å². The molecule has 0 unspecified atom stereocenters. The minimum atomic E-state index is 0.760. The number of imidazole rings is 1. The van der Waals surface area contributed by atoms with E-state index in [4.69, 9.17) is 0 Å². The van der Waals surface area contributed by atoms with Crippen LogP contribution in [0, 0.1) is 6.92 Å². The molecule has 5 rings (SSSR count). The van der Waals surface area contributed by atoms with Crippen molar-refractivity contribution in [2.75, 3.05) is 18.4 Å². The summed E-state index contributed by atoms with van der Waals surface area (Å²) >= 11 is 1.72. The van der Waals surface area contributed by atoms with Crippen LogP contribution >= 0.6 is 11.3 Å². The van der Waals surface area contributed by atoms with Gasteiger partial charge in [0.2, 0.25) is 0 Å². The fourth-order valence-electron chi connectivity index (χ4n) is 3.67. The molecule has 0 atom stereocenters. The van der Waals surface area contributed by atoms with Gasteiger partial charge in [-0.3, -0.25) is 9.08 Å². The van der Waals surface area contributed by atoms with Gasteiger partial charge in [-0.15, -0.1) is 11.3 Å². The molecule has 0 spiro atoms. The predicted molar refractivity (Wildman–Crippen MR) is 113 cm³/mol. The van der Waals surface area contributed by atoms with Gasteiger partial charge < -0.3 is 10.6 Å². The lowest BCUT2D eigenvalue weighted by Crippen LogP contribution is -2.20. The van der Waals surface area contributed by atoms with E-state index in [0.717, 1.165) is 47.2 Å². The van der Waals surface area contributed by atoms with Crippen LogP contribution in [-0.4, -0.2) is 37.2 Å². The number of hydrogen-bond acceptors (Lipinski definition) is 6. The Labute approximate surface area is 166 Å². The lowest BCUT2D eigenvalue weighted by Gasteiger charge is -2.16. The Morgan fingerprint density at radius 2 is 2.18 bits per heavy atom. The first kappa shape index (κ1) is 17.2. The van der Waals surface area contributed by atoms with Gasteiger partial charge in [0.05, 0.1) is 18.1 Å². The number of anilines is 2. The molecule has 7 nitrogen and oxygen atoms in total. The van der Waals surface area contributed by atoms with Crippen molar-refractivity contribution in [2.45, 2.75) is 13.3 Å². The summed E-state index contributed by atoms with van der Waals surface area (Å²) in [5.74, 6) is 0.760. The van der Waals surface area contributed by atoms with Crippen LogP contribution in [-0.2, 0) is 7.05 Å². The number of aryl methyl sites for hydroxylation is 2. The van der Waals surface area contributed by atoms with E-state index in [1.165, 1.54) is 16.7 Å². The summed E-state index contributed by atoms with van der Waals surface area (Å²) in [4.78, 5) is 9.20. The van der Waals surface area contributed by atoms with Crippen LogP contribution in [0.4, 0.5) is 10.8 Å². The molecule has 0 aromatic carbocycles. The average Bonchev–Trinajstić information content (AvgIpc) is 3.41. The van der Waals surface area contributed by atoms with Gasteiger partial charge in [0.1, 0.15) is 5.00 Å². The molecule has 0 aliphatic carbocycles. The first-order chi connectivity index (χ1) is 13.7. The maximum absolute atomic E-state index is 4.63. The van der Waals surface area contributed by atoms with Crippen molar-refractivity contribution < 1.29 is 0 Å². The second-order valence-electron chi connectivity index (χ2n) is 6.95. The number of fused-ring (bicyclic) bond motifs is 1. The van der Waals surface area contributed by atoms with Gasteiger partial charge in [0.25, 0.3) is 0 Å². The maximum Gasteiger partial charge on any atom is 0.180 e. The Kier molecular flexibility index (Phi) is 4.22. The Hall–Kier alpha value is -2.97. The van der Waals surface area contributed by atoms with Gasteiger partial charge in [0.15, 0.2) is 11.5 Å². The third kappa shape index (κ3) is 2.90. The van der Waals surface area contributed by atoms with Crippen LogP contribution in [0.25, 0.3) is 22.5 Å². The SMILES string of the molecule is Cc1csc(Nc2nccn3c(-c4cnn(C)c4)cnc23)c1C1=CCNCC1. The molecule has 0 saturated carbocycles. The van der Waals surface area contributed by atoms with Gasteiger partial charge >= 0.3 is 0 Å². The summed E-state index contributed by atoms with van der Waals surface area (Å²) in [5.41, 5.74) is 6.82. The zero-order chi connectivity index (χ0) is 19.1. The van der Waals surface area contributed by atoms with Crippen LogP contribution < -0.4 is 10.6 Å². The Bertz CT molecular complexity index is 1180. The molecule has 0 fully saturated rings. The summed E-state index contributed by atoms with van der Waals surface area (Å²) in [6, 6.07) is 0. The van der Waals surface area contributed by atoms with Crippen molar-refractivity contribution in [2.24, 2.45) is 7.05 Å². The molecule has 1 aliphatic heterocycles. The summed E-state index contributed by atoms with van der Waals surface area (Å²) in [7, 11) is 1.91. The highest BCUT2D eigenvalue weighted by Gasteiger charge is 2.18. The molecule has 0 bridgehead atoms. The van der Waals surface area contributed by atoms with Crippen molar-refractivity contribution in [3.05, 3.63) is 53.6 Å². The highest BCUT2D eigenvalue weighted by molar-refractivity contribution is 7.14. The Balaban J connectivity index is 1.55. The van der Waals surface area contributed by atoms with Crippen LogP contribution in [0.15, 0.2) is 42.4 Å². The molecule has 5 heterocycles. The van der Waals surface area contributed by atoms with Gasteiger partial charge in [-0.05, 0) is 36.4 Å². The molecular weight excluding hydrogens is 370 g/mol. The summed E-state index contributed by atoms with van der Waals surface area (Å²) in [6.45, 7) is 4.11. The number of rotatable bonds is 4. The number of nitrogens with zero attached hydrogens (tertiary/aromatic N) is 5. The molecule has 142 valence electrons. The molecule has 8 heteroatoms. The number of aromatic nitrogens is 5. The van der Waals surface area contributed by atoms with Crippen LogP contribution in [0.1, 0.15) is 17.5 Å². The second kappa shape index (κ2) is 6.88. The lowest BCUT2D eigenvalue weighted by atomic mass is 9.99. The minimum absolute atomic E-state index is 0.760. The van der Waals surface area contributed by atoms with E-state index in [1.807, 2.05) is 31.8 Å². The average molecular weight is 392 g/mol. The third-order valence-corrected chi connectivity index (χ3v) is 6.03. The van der Waals surface area contributed by atoms with Crippen molar-refractivity contribution in [3.8, 4) is 11.3 Å². The van der Waals surface area contributed by atoms with Gasteiger partial charge in [0, 0.05) is 43.3 Å². The molecule has 4 aromatic rings. The molecule has 1 aliphatic rings. The standard InChI is InChI=1S/C20H21N7S/c1-13-12-28-20(17(13)14-3-5-21-6-4-14)25-18-19-23-10-16(27(19)8-7-22-18)15-9-24-26(2)11-15/h3,7-12,21H,4-6H2,1-2H3,(H,22,25). The second-order valence-corrected chi connectivity index (χ2v) is 7.83. The molecule has 0 amide bonds. The Morgan fingerprint density at radius 1 is 1.25 bits per heavy atom. The van der Waals surface area contributed by atoms with Crippen molar-refractivity contribution >= 4 is 33.4 Å². The van der Waals surface area contributed by atoms with E-state index in [1.54, 1.807) is 22.2 Å². The van der Waals surface area contributed by atoms with E-state index in [2.05, 4.69) is 48.5 Å².